The van der Waals surface area contributed by atoms with Crippen molar-refractivity contribution in [2.45, 2.75) is 78.2 Å². The number of nitrogens with zero attached hydrogens (tertiary/aromatic N) is 4. The molecule has 0 bridgehead atoms. The second-order valence-electron chi connectivity index (χ2n) is 6.94. The van der Waals surface area contributed by atoms with Crippen molar-refractivity contribution in [3.05, 3.63) is 29.6 Å². The number of aromatic nitrogens is 5. The Hall–Kier alpha value is -1.65. The van der Waals surface area contributed by atoms with Crippen LogP contribution in [0.4, 0.5) is 0 Å². The minimum atomic E-state index is 0.370. The first kappa shape index (κ1) is 16.7. The number of nitrogens with one attached hydrogen (secondary N) is 1. The summed E-state index contributed by atoms with van der Waals surface area (Å²) in [6, 6.07) is 2.53. The van der Waals surface area contributed by atoms with E-state index >= 15 is 0 Å². The smallest absolute Gasteiger partial charge is 0.153 e. The molecule has 0 aliphatic carbocycles. The first-order chi connectivity index (χ1) is 10.4. The fourth-order valence-electron chi connectivity index (χ4n) is 2.43. The Morgan fingerprint density at radius 2 is 1.77 bits per heavy atom. The van der Waals surface area contributed by atoms with Crippen LogP contribution in [0.25, 0.3) is 0 Å². The van der Waals surface area contributed by atoms with Crippen LogP contribution in [0.2, 0.25) is 0 Å². The molecule has 2 rings (SSSR count). The molecule has 0 amide bonds. The number of aromatic amines is 1. The van der Waals surface area contributed by atoms with Crippen LogP contribution >= 0.6 is 0 Å². The molecule has 2 aromatic heterocycles. The van der Waals surface area contributed by atoms with Gasteiger partial charge in [-0.2, -0.15) is 10.2 Å². The summed E-state index contributed by atoms with van der Waals surface area (Å²) in [5, 5.41) is 12.0. The molecule has 0 aromatic carbocycles. The molecule has 5 nitrogen and oxygen atoms in total. The molecule has 0 radical (unpaired) electrons. The molecule has 2 aromatic rings. The average Bonchev–Trinajstić information content (AvgIpc) is 3.12. The van der Waals surface area contributed by atoms with Crippen LogP contribution in [0, 0.1) is 0 Å². The molecule has 2 atom stereocenters. The molecule has 2 unspecified atom stereocenters. The van der Waals surface area contributed by atoms with Gasteiger partial charge in [-0.3, -0.25) is 9.78 Å². The Morgan fingerprint density at radius 3 is 2.32 bits per heavy atom. The zero-order valence-electron chi connectivity index (χ0n) is 14.7. The second-order valence-corrected chi connectivity index (χ2v) is 6.94. The van der Waals surface area contributed by atoms with Gasteiger partial charge >= 0.3 is 0 Å². The van der Waals surface area contributed by atoms with Gasteiger partial charge in [-0.05, 0) is 31.7 Å². The Balaban J connectivity index is 1.90. The normalized spacial score (nSPS) is 14.7. The van der Waals surface area contributed by atoms with Gasteiger partial charge in [0.2, 0.25) is 0 Å². The van der Waals surface area contributed by atoms with Crippen molar-refractivity contribution in [3.8, 4) is 0 Å². The van der Waals surface area contributed by atoms with Crippen molar-refractivity contribution < 1.29 is 0 Å². The monoisotopic (exact) mass is 303 g/mol. The van der Waals surface area contributed by atoms with Gasteiger partial charge in [0.05, 0.1) is 5.69 Å². The van der Waals surface area contributed by atoms with Gasteiger partial charge in [0, 0.05) is 24.1 Å². The summed E-state index contributed by atoms with van der Waals surface area (Å²) in [5.41, 5.74) is 1.16. The van der Waals surface area contributed by atoms with Gasteiger partial charge in [0.15, 0.2) is 5.82 Å². The van der Waals surface area contributed by atoms with Gasteiger partial charge < -0.3 is 0 Å². The third-order valence-corrected chi connectivity index (χ3v) is 4.19. The summed E-state index contributed by atoms with van der Waals surface area (Å²) < 4.78 is 2.09. The molecule has 122 valence electrons. The number of rotatable bonds is 7. The van der Waals surface area contributed by atoms with Crippen LogP contribution in [0.3, 0.4) is 0 Å². The standard InChI is InChI=1S/C17H29N5/c1-11(2)15-9-10-22(21-15)14(6)8-7-13(5)17-18-16(12(3)4)19-20-17/h9-14H,7-8H2,1-6H3,(H,18,19,20). The lowest BCUT2D eigenvalue weighted by Gasteiger charge is -2.15. The van der Waals surface area contributed by atoms with Crippen molar-refractivity contribution in [1.82, 2.24) is 25.0 Å². The van der Waals surface area contributed by atoms with Crippen molar-refractivity contribution in [3.63, 3.8) is 0 Å². The van der Waals surface area contributed by atoms with Crippen molar-refractivity contribution in [1.29, 1.82) is 0 Å². The summed E-state index contributed by atoms with van der Waals surface area (Å²) in [5.74, 6) is 3.15. The van der Waals surface area contributed by atoms with E-state index < -0.39 is 0 Å². The third kappa shape index (κ3) is 3.96. The Kier molecular flexibility index (Phi) is 5.37. The molecule has 0 saturated carbocycles. The van der Waals surface area contributed by atoms with Gasteiger partial charge in [-0.15, -0.1) is 0 Å². The zero-order chi connectivity index (χ0) is 16.3. The Labute approximate surface area is 133 Å². The predicted octanol–water partition coefficient (Wildman–Crippen LogP) is 4.39. The lowest BCUT2D eigenvalue weighted by atomic mass is 10.0. The summed E-state index contributed by atoms with van der Waals surface area (Å²) in [6.07, 6.45) is 4.25. The molecular formula is C17H29N5. The van der Waals surface area contributed by atoms with Gasteiger partial charge in [-0.1, -0.05) is 34.6 Å². The van der Waals surface area contributed by atoms with Crippen molar-refractivity contribution in [2.75, 3.05) is 0 Å². The maximum absolute atomic E-state index is 4.67. The molecule has 0 aliphatic rings. The number of hydrogen-bond acceptors (Lipinski definition) is 3. The molecule has 0 saturated heterocycles. The van der Waals surface area contributed by atoms with Crippen LogP contribution in [-0.2, 0) is 0 Å². The first-order valence-corrected chi connectivity index (χ1v) is 8.35. The van der Waals surface area contributed by atoms with Crippen LogP contribution < -0.4 is 0 Å². The highest BCUT2D eigenvalue weighted by Crippen LogP contribution is 2.24. The minimum absolute atomic E-state index is 0.370. The maximum Gasteiger partial charge on any atom is 0.153 e. The number of hydrogen-bond donors (Lipinski definition) is 1. The summed E-state index contributed by atoms with van der Waals surface area (Å²) >= 11 is 0. The van der Waals surface area contributed by atoms with E-state index in [2.05, 4.69) is 78.8 Å². The SMILES string of the molecule is CC(C)c1ccn(C(C)CCC(C)c2nc(C(C)C)n[nH]2)n1. The highest BCUT2D eigenvalue weighted by atomic mass is 15.3. The van der Waals surface area contributed by atoms with E-state index in [1.165, 1.54) is 0 Å². The Morgan fingerprint density at radius 1 is 1.05 bits per heavy atom. The Bertz CT molecular complexity index is 529. The predicted molar refractivity (Wildman–Crippen MR) is 89.1 cm³/mol. The van der Waals surface area contributed by atoms with Gasteiger partial charge in [0.1, 0.15) is 5.82 Å². The van der Waals surface area contributed by atoms with Crippen LogP contribution in [0.15, 0.2) is 12.3 Å². The van der Waals surface area contributed by atoms with E-state index in [1.54, 1.807) is 0 Å². The lowest BCUT2D eigenvalue weighted by Crippen LogP contribution is -2.08. The highest BCUT2D eigenvalue weighted by Gasteiger charge is 2.15. The summed E-state index contributed by atoms with van der Waals surface area (Å²) in [6.45, 7) is 13.0. The molecule has 0 fully saturated rings. The topological polar surface area (TPSA) is 59.4 Å². The molecule has 2 heterocycles. The minimum Gasteiger partial charge on any atom is -0.270 e. The van der Waals surface area contributed by atoms with E-state index in [9.17, 15) is 0 Å². The third-order valence-electron chi connectivity index (χ3n) is 4.19. The molecule has 22 heavy (non-hydrogen) atoms. The van der Waals surface area contributed by atoms with Gasteiger partial charge in [-0.25, -0.2) is 4.98 Å². The fraction of sp³-hybridized carbons (Fsp3) is 0.706. The average molecular weight is 303 g/mol. The fourth-order valence-corrected chi connectivity index (χ4v) is 2.43. The van der Waals surface area contributed by atoms with Crippen molar-refractivity contribution >= 4 is 0 Å². The van der Waals surface area contributed by atoms with Crippen LogP contribution in [0.1, 0.15) is 95.5 Å². The largest absolute Gasteiger partial charge is 0.270 e. The number of H-pyrrole nitrogens is 1. The van der Waals surface area contributed by atoms with Crippen LogP contribution in [0.5, 0.6) is 0 Å². The first-order valence-electron chi connectivity index (χ1n) is 8.35. The summed E-state index contributed by atoms with van der Waals surface area (Å²) in [7, 11) is 0. The molecule has 0 aliphatic heterocycles. The van der Waals surface area contributed by atoms with Crippen LogP contribution in [-0.4, -0.2) is 25.0 Å². The van der Waals surface area contributed by atoms with E-state index in [4.69, 9.17) is 0 Å². The second kappa shape index (κ2) is 7.07. The quantitative estimate of drug-likeness (QED) is 0.825. The molecular weight excluding hydrogens is 274 g/mol. The van der Waals surface area contributed by atoms with Gasteiger partial charge in [0.25, 0.3) is 0 Å². The van der Waals surface area contributed by atoms with Crippen molar-refractivity contribution in [2.24, 2.45) is 0 Å². The molecule has 0 spiro atoms. The highest BCUT2D eigenvalue weighted by molar-refractivity contribution is 5.04. The molecule has 1 N–H and O–H groups in total. The van der Waals surface area contributed by atoms with E-state index in [-0.39, 0.29) is 0 Å². The van der Waals surface area contributed by atoms with E-state index in [1.807, 2.05) is 0 Å². The van der Waals surface area contributed by atoms with E-state index in [0.29, 0.717) is 23.8 Å². The maximum atomic E-state index is 4.67. The summed E-state index contributed by atoms with van der Waals surface area (Å²) in [4.78, 5) is 4.60. The molecule has 5 heteroatoms. The zero-order valence-corrected chi connectivity index (χ0v) is 14.7. The van der Waals surface area contributed by atoms with E-state index in [0.717, 1.165) is 30.2 Å². The lowest BCUT2D eigenvalue weighted by molar-refractivity contribution is 0.422.